The molecule has 1 aliphatic heterocycles. The van der Waals surface area contributed by atoms with E-state index in [1.165, 1.54) is 0 Å². The number of anilines is 1. The van der Waals surface area contributed by atoms with Gasteiger partial charge in [-0.05, 0) is 54.8 Å². The van der Waals surface area contributed by atoms with Crippen molar-refractivity contribution in [2.75, 3.05) is 12.3 Å². The van der Waals surface area contributed by atoms with Crippen LogP contribution in [-0.4, -0.2) is 12.4 Å². The number of hydrogen-bond donors (Lipinski definition) is 1. The maximum atomic E-state index is 12.5. The Hall–Kier alpha value is -2.00. The summed E-state index contributed by atoms with van der Waals surface area (Å²) in [7, 11) is 0. The van der Waals surface area contributed by atoms with Crippen molar-refractivity contribution >= 4 is 23.1 Å². The van der Waals surface area contributed by atoms with Gasteiger partial charge in [0.25, 0.3) is 0 Å². The lowest BCUT2D eigenvalue weighted by molar-refractivity contribution is 0.103. The zero-order valence-electron chi connectivity index (χ0n) is 10.9. The molecule has 0 spiro atoms. The zero-order chi connectivity index (χ0) is 14.1. The predicted octanol–water partition coefficient (Wildman–Crippen LogP) is 3.48. The molecular formula is C16H14ClNO2. The number of halogens is 1. The van der Waals surface area contributed by atoms with Gasteiger partial charge < -0.3 is 10.5 Å². The number of nitrogens with two attached hydrogens (primary N) is 1. The average molecular weight is 288 g/mol. The predicted molar refractivity (Wildman–Crippen MR) is 79.6 cm³/mol. The first-order valence-electron chi connectivity index (χ1n) is 6.50. The van der Waals surface area contributed by atoms with Crippen molar-refractivity contribution in [3.05, 3.63) is 58.1 Å². The van der Waals surface area contributed by atoms with Gasteiger partial charge in [0, 0.05) is 21.8 Å². The van der Waals surface area contributed by atoms with Gasteiger partial charge in [0.15, 0.2) is 5.78 Å². The van der Waals surface area contributed by atoms with E-state index < -0.39 is 0 Å². The number of nitrogen functional groups attached to an aromatic ring is 1. The molecule has 2 N–H and O–H groups in total. The molecule has 0 radical (unpaired) electrons. The zero-order valence-corrected chi connectivity index (χ0v) is 11.6. The quantitative estimate of drug-likeness (QED) is 0.679. The lowest BCUT2D eigenvalue weighted by Gasteiger charge is -2.17. The van der Waals surface area contributed by atoms with Gasteiger partial charge in [0.1, 0.15) is 5.75 Å². The second kappa shape index (κ2) is 5.17. The van der Waals surface area contributed by atoms with Crippen molar-refractivity contribution in [2.45, 2.75) is 12.8 Å². The number of ether oxygens (including phenoxy) is 1. The smallest absolute Gasteiger partial charge is 0.193 e. The summed E-state index contributed by atoms with van der Waals surface area (Å²) >= 11 is 5.94. The number of benzene rings is 2. The van der Waals surface area contributed by atoms with Crippen LogP contribution in [0.2, 0.25) is 5.02 Å². The van der Waals surface area contributed by atoms with E-state index in [1.807, 2.05) is 12.1 Å². The van der Waals surface area contributed by atoms with Crippen molar-refractivity contribution in [2.24, 2.45) is 0 Å². The third kappa shape index (κ3) is 2.49. The summed E-state index contributed by atoms with van der Waals surface area (Å²) in [6, 6.07) is 10.4. The third-order valence-corrected chi connectivity index (χ3v) is 3.57. The molecule has 0 aliphatic carbocycles. The Labute approximate surface area is 122 Å². The number of rotatable bonds is 2. The Bertz CT molecular complexity index is 662. The SMILES string of the molecule is Nc1cc(Cl)cc(C(=O)c2ccc3c(c2)CCCO3)c1. The van der Waals surface area contributed by atoms with Crippen LogP contribution in [-0.2, 0) is 6.42 Å². The first kappa shape index (κ1) is 13.0. The Kier molecular flexibility index (Phi) is 3.36. The fourth-order valence-corrected chi connectivity index (χ4v) is 2.66. The van der Waals surface area contributed by atoms with Crippen molar-refractivity contribution in [1.29, 1.82) is 0 Å². The highest BCUT2D eigenvalue weighted by Gasteiger charge is 2.15. The monoisotopic (exact) mass is 287 g/mol. The largest absolute Gasteiger partial charge is 0.493 e. The molecule has 0 atom stereocenters. The number of fused-ring (bicyclic) bond motifs is 1. The molecule has 0 unspecified atom stereocenters. The minimum atomic E-state index is -0.0763. The van der Waals surface area contributed by atoms with Crippen LogP contribution >= 0.6 is 11.6 Å². The van der Waals surface area contributed by atoms with Crippen molar-refractivity contribution in [3.63, 3.8) is 0 Å². The maximum Gasteiger partial charge on any atom is 0.193 e. The molecule has 0 saturated heterocycles. The summed E-state index contributed by atoms with van der Waals surface area (Å²) in [4.78, 5) is 12.5. The number of aryl methyl sites for hydroxylation is 1. The van der Waals surface area contributed by atoms with Crippen molar-refractivity contribution in [1.82, 2.24) is 0 Å². The highest BCUT2D eigenvalue weighted by atomic mass is 35.5. The minimum Gasteiger partial charge on any atom is -0.493 e. The van der Waals surface area contributed by atoms with Gasteiger partial charge in [-0.2, -0.15) is 0 Å². The van der Waals surface area contributed by atoms with Gasteiger partial charge in [-0.15, -0.1) is 0 Å². The summed E-state index contributed by atoms with van der Waals surface area (Å²) in [5, 5.41) is 0.467. The van der Waals surface area contributed by atoms with Gasteiger partial charge in [0.2, 0.25) is 0 Å². The van der Waals surface area contributed by atoms with Gasteiger partial charge in [-0.25, -0.2) is 0 Å². The highest BCUT2D eigenvalue weighted by Crippen LogP contribution is 2.27. The Morgan fingerprint density at radius 3 is 2.80 bits per heavy atom. The Balaban J connectivity index is 1.97. The summed E-state index contributed by atoms with van der Waals surface area (Å²) < 4.78 is 5.55. The fraction of sp³-hybridized carbons (Fsp3) is 0.188. The molecule has 102 valence electrons. The van der Waals surface area contributed by atoms with E-state index in [1.54, 1.807) is 24.3 Å². The number of hydrogen-bond acceptors (Lipinski definition) is 3. The van der Waals surface area contributed by atoms with E-state index in [0.29, 0.717) is 21.8 Å². The molecule has 0 aromatic heterocycles. The lowest BCUT2D eigenvalue weighted by atomic mass is 9.98. The third-order valence-electron chi connectivity index (χ3n) is 3.35. The van der Waals surface area contributed by atoms with E-state index in [4.69, 9.17) is 22.1 Å². The van der Waals surface area contributed by atoms with E-state index in [9.17, 15) is 4.79 Å². The molecular weight excluding hydrogens is 274 g/mol. The molecule has 4 heteroatoms. The van der Waals surface area contributed by atoms with Crippen LogP contribution in [0, 0.1) is 0 Å². The number of ketones is 1. The Morgan fingerprint density at radius 2 is 2.00 bits per heavy atom. The summed E-state index contributed by atoms with van der Waals surface area (Å²) in [6.45, 7) is 0.741. The van der Waals surface area contributed by atoms with Gasteiger partial charge >= 0.3 is 0 Å². The summed E-state index contributed by atoms with van der Waals surface area (Å²) in [6.07, 6.45) is 1.92. The molecule has 20 heavy (non-hydrogen) atoms. The molecule has 3 nitrogen and oxygen atoms in total. The lowest BCUT2D eigenvalue weighted by Crippen LogP contribution is -2.10. The molecule has 1 aliphatic rings. The van der Waals surface area contributed by atoms with E-state index in [-0.39, 0.29) is 5.78 Å². The highest BCUT2D eigenvalue weighted by molar-refractivity contribution is 6.31. The molecule has 0 amide bonds. The van der Waals surface area contributed by atoms with Gasteiger partial charge in [0.05, 0.1) is 6.61 Å². The topological polar surface area (TPSA) is 52.3 Å². The Morgan fingerprint density at radius 1 is 1.15 bits per heavy atom. The average Bonchev–Trinajstić information content (AvgIpc) is 2.45. The van der Waals surface area contributed by atoms with Crippen LogP contribution in [0.25, 0.3) is 0 Å². The van der Waals surface area contributed by atoms with Crippen LogP contribution in [0.3, 0.4) is 0 Å². The summed E-state index contributed by atoms with van der Waals surface area (Å²) in [5.41, 5.74) is 8.44. The van der Waals surface area contributed by atoms with Crippen molar-refractivity contribution < 1.29 is 9.53 Å². The van der Waals surface area contributed by atoms with E-state index in [2.05, 4.69) is 0 Å². The normalized spacial score (nSPS) is 13.4. The number of carbonyl (C=O) groups excluding carboxylic acids is 1. The first-order valence-corrected chi connectivity index (χ1v) is 6.88. The van der Waals surface area contributed by atoms with Crippen LogP contribution in [0.1, 0.15) is 27.9 Å². The van der Waals surface area contributed by atoms with Gasteiger partial charge in [-0.1, -0.05) is 11.6 Å². The molecule has 0 bridgehead atoms. The first-order chi connectivity index (χ1) is 9.63. The second-order valence-corrected chi connectivity index (χ2v) is 5.31. The molecule has 0 saturated carbocycles. The van der Waals surface area contributed by atoms with E-state index >= 15 is 0 Å². The van der Waals surface area contributed by atoms with Crippen LogP contribution in [0.4, 0.5) is 5.69 Å². The van der Waals surface area contributed by atoms with Crippen molar-refractivity contribution in [3.8, 4) is 5.75 Å². The summed E-state index contributed by atoms with van der Waals surface area (Å²) in [5.74, 6) is 0.797. The molecule has 0 fully saturated rings. The number of carbonyl (C=O) groups is 1. The molecule has 2 aromatic rings. The minimum absolute atomic E-state index is 0.0763. The second-order valence-electron chi connectivity index (χ2n) is 4.88. The fourth-order valence-electron chi connectivity index (χ4n) is 2.41. The van der Waals surface area contributed by atoms with Crippen LogP contribution < -0.4 is 10.5 Å². The van der Waals surface area contributed by atoms with E-state index in [0.717, 1.165) is 30.8 Å². The molecule has 1 heterocycles. The molecule has 3 rings (SSSR count). The van der Waals surface area contributed by atoms with Gasteiger partial charge in [-0.3, -0.25) is 4.79 Å². The van der Waals surface area contributed by atoms with Crippen LogP contribution in [0.15, 0.2) is 36.4 Å². The maximum absolute atomic E-state index is 12.5. The van der Waals surface area contributed by atoms with Crippen LogP contribution in [0.5, 0.6) is 5.75 Å². The standard InChI is InChI=1S/C16H14ClNO2/c17-13-7-12(8-14(18)9-13)16(19)11-3-4-15-10(6-11)2-1-5-20-15/h3-4,6-9H,1-2,5,18H2. The molecule has 2 aromatic carbocycles.